The van der Waals surface area contributed by atoms with Crippen LogP contribution >= 0.6 is 11.6 Å². The van der Waals surface area contributed by atoms with Crippen LogP contribution in [0.25, 0.3) is 0 Å². The molecule has 0 aliphatic carbocycles. The van der Waals surface area contributed by atoms with Crippen LogP contribution in [-0.4, -0.2) is 39.5 Å². The number of carbonyl (C=O) groups excluding carboxylic acids is 1. The average molecular weight is 228 g/mol. The highest BCUT2D eigenvalue weighted by Gasteiger charge is 2.28. The molecule has 1 aromatic rings. The minimum atomic E-state index is -0.00921. The van der Waals surface area contributed by atoms with Gasteiger partial charge >= 0.3 is 0 Å². The maximum atomic E-state index is 11.9. The number of nitrogens with zero attached hydrogens (tertiary/aromatic N) is 2. The van der Waals surface area contributed by atoms with Gasteiger partial charge in [0.2, 0.25) is 0 Å². The molecule has 1 N–H and O–H groups in total. The number of nitrogens with one attached hydrogen (secondary N) is 1. The first kappa shape index (κ1) is 10.5. The quantitative estimate of drug-likeness (QED) is 0.740. The summed E-state index contributed by atoms with van der Waals surface area (Å²) in [6.45, 7) is 3.53. The van der Waals surface area contributed by atoms with E-state index in [9.17, 15) is 4.79 Å². The minimum absolute atomic E-state index is 0.00921. The SMILES string of the molecule is CC1CCN(C(=O)c2ccn[nH]2)CC1Cl. The lowest BCUT2D eigenvalue weighted by Crippen LogP contribution is -2.43. The van der Waals surface area contributed by atoms with Crippen LogP contribution in [0.1, 0.15) is 23.8 Å². The standard InChI is InChI=1S/C10H14ClN3O/c1-7-3-5-14(6-8(7)11)10(15)9-2-4-12-13-9/h2,4,7-8H,3,5-6H2,1H3,(H,12,13). The van der Waals surface area contributed by atoms with Gasteiger partial charge in [-0.1, -0.05) is 6.92 Å². The van der Waals surface area contributed by atoms with Gasteiger partial charge in [-0.2, -0.15) is 5.10 Å². The maximum absolute atomic E-state index is 11.9. The fraction of sp³-hybridized carbons (Fsp3) is 0.600. The third-order valence-electron chi connectivity index (χ3n) is 2.88. The van der Waals surface area contributed by atoms with E-state index in [1.54, 1.807) is 17.2 Å². The summed E-state index contributed by atoms with van der Waals surface area (Å²) in [5.74, 6) is 0.475. The van der Waals surface area contributed by atoms with Crippen LogP contribution in [0.5, 0.6) is 0 Å². The molecule has 0 aromatic carbocycles. The monoisotopic (exact) mass is 227 g/mol. The maximum Gasteiger partial charge on any atom is 0.271 e. The number of rotatable bonds is 1. The number of aromatic amines is 1. The zero-order valence-electron chi connectivity index (χ0n) is 8.61. The second-order valence-corrected chi connectivity index (χ2v) is 4.56. The smallest absolute Gasteiger partial charge is 0.271 e. The van der Waals surface area contributed by atoms with Crippen LogP contribution in [0.4, 0.5) is 0 Å². The minimum Gasteiger partial charge on any atom is -0.336 e. The first-order chi connectivity index (χ1) is 7.18. The topological polar surface area (TPSA) is 49.0 Å². The molecule has 1 amide bonds. The number of amides is 1. The van der Waals surface area contributed by atoms with Crippen molar-refractivity contribution in [2.45, 2.75) is 18.7 Å². The fourth-order valence-corrected chi connectivity index (χ4v) is 2.04. The van der Waals surface area contributed by atoms with Crippen molar-refractivity contribution in [3.63, 3.8) is 0 Å². The van der Waals surface area contributed by atoms with E-state index in [1.165, 1.54) is 0 Å². The molecule has 0 radical (unpaired) electrons. The van der Waals surface area contributed by atoms with Crippen molar-refractivity contribution in [1.82, 2.24) is 15.1 Å². The zero-order chi connectivity index (χ0) is 10.8. The molecule has 5 heteroatoms. The molecule has 0 bridgehead atoms. The summed E-state index contributed by atoms with van der Waals surface area (Å²) in [6.07, 6.45) is 2.55. The van der Waals surface area contributed by atoms with E-state index >= 15 is 0 Å². The Bertz CT molecular complexity index is 338. The first-order valence-electron chi connectivity index (χ1n) is 5.11. The van der Waals surface area contributed by atoms with Crippen molar-refractivity contribution in [2.75, 3.05) is 13.1 Å². The lowest BCUT2D eigenvalue weighted by molar-refractivity contribution is 0.0695. The zero-order valence-corrected chi connectivity index (χ0v) is 9.37. The molecule has 2 atom stereocenters. The molecule has 1 aliphatic rings. The molecule has 4 nitrogen and oxygen atoms in total. The Morgan fingerprint density at radius 1 is 1.73 bits per heavy atom. The summed E-state index contributed by atoms with van der Waals surface area (Å²) in [7, 11) is 0. The van der Waals surface area contributed by atoms with Crippen LogP contribution in [0, 0.1) is 5.92 Å². The Morgan fingerprint density at radius 2 is 2.53 bits per heavy atom. The van der Waals surface area contributed by atoms with Crippen molar-refractivity contribution in [1.29, 1.82) is 0 Å². The highest BCUT2D eigenvalue weighted by atomic mass is 35.5. The molecule has 2 unspecified atom stereocenters. The summed E-state index contributed by atoms with van der Waals surface area (Å²) in [5, 5.41) is 6.50. The van der Waals surface area contributed by atoms with Crippen LogP contribution in [0.15, 0.2) is 12.3 Å². The van der Waals surface area contributed by atoms with E-state index in [-0.39, 0.29) is 11.3 Å². The van der Waals surface area contributed by atoms with Gasteiger partial charge in [0.15, 0.2) is 0 Å². The molecule has 0 saturated carbocycles. The number of carbonyl (C=O) groups is 1. The largest absolute Gasteiger partial charge is 0.336 e. The van der Waals surface area contributed by atoms with Crippen molar-refractivity contribution in [2.24, 2.45) is 5.92 Å². The molecule has 82 valence electrons. The summed E-state index contributed by atoms with van der Waals surface area (Å²) in [5.41, 5.74) is 0.536. The molecule has 2 heterocycles. The van der Waals surface area contributed by atoms with E-state index in [0.717, 1.165) is 13.0 Å². The Kier molecular flexibility index (Phi) is 2.95. The van der Waals surface area contributed by atoms with Gasteiger partial charge in [0.05, 0.1) is 5.38 Å². The lowest BCUT2D eigenvalue weighted by atomic mass is 9.98. The van der Waals surface area contributed by atoms with Crippen molar-refractivity contribution >= 4 is 17.5 Å². The number of piperidine rings is 1. The number of likely N-dealkylation sites (tertiary alicyclic amines) is 1. The van der Waals surface area contributed by atoms with Crippen LogP contribution in [0.3, 0.4) is 0 Å². The second kappa shape index (κ2) is 4.23. The van der Waals surface area contributed by atoms with Crippen LogP contribution in [0.2, 0.25) is 0 Å². The van der Waals surface area contributed by atoms with E-state index < -0.39 is 0 Å². The van der Waals surface area contributed by atoms with Gasteiger partial charge in [0.1, 0.15) is 5.69 Å². The lowest BCUT2D eigenvalue weighted by Gasteiger charge is -2.33. The van der Waals surface area contributed by atoms with Gasteiger partial charge in [0.25, 0.3) is 5.91 Å². The fourth-order valence-electron chi connectivity index (χ4n) is 1.75. The molecule has 1 saturated heterocycles. The van der Waals surface area contributed by atoms with Crippen LogP contribution in [-0.2, 0) is 0 Å². The summed E-state index contributed by atoms with van der Waals surface area (Å²) < 4.78 is 0. The number of hydrogen-bond donors (Lipinski definition) is 1. The Labute approximate surface area is 93.6 Å². The predicted molar refractivity (Wildman–Crippen MR) is 57.9 cm³/mol. The summed E-state index contributed by atoms with van der Waals surface area (Å²) >= 11 is 6.15. The first-order valence-corrected chi connectivity index (χ1v) is 5.55. The molecule has 1 aromatic heterocycles. The third kappa shape index (κ3) is 2.15. The van der Waals surface area contributed by atoms with Gasteiger partial charge in [-0.05, 0) is 18.4 Å². The van der Waals surface area contributed by atoms with Crippen molar-refractivity contribution in [3.8, 4) is 0 Å². The van der Waals surface area contributed by atoms with Gasteiger partial charge in [0, 0.05) is 19.3 Å². The Hall–Kier alpha value is -1.03. The van der Waals surface area contributed by atoms with Gasteiger partial charge < -0.3 is 4.90 Å². The van der Waals surface area contributed by atoms with E-state index in [4.69, 9.17) is 11.6 Å². The Morgan fingerprint density at radius 3 is 3.13 bits per heavy atom. The third-order valence-corrected chi connectivity index (χ3v) is 3.45. The van der Waals surface area contributed by atoms with Crippen molar-refractivity contribution in [3.05, 3.63) is 18.0 Å². The molecule has 2 rings (SSSR count). The molecule has 15 heavy (non-hydrogen) atoms. The number of halogens is 1. The second-order valence-electron chi connectivity index (χ2n) is 4.00. The highest BCUT2D eigenvalue weighted by molar-refractivity contribution is 6.21. The number of hydrogen-bond acceptors (Lipinski definition) is 2. The molecular weight excluding hydrogens is 214 g/mol. The van der Waals surface area contributed by atoms with Gasteiger partial charge in [-0.15, -0.1) is 11.6 Å². The molecule has 0 spiro atoms. The summed E-state index contributed by atoms with van der Waals surface area (Å²) in [6, 6.07) is 1.68. The number of aromatic nitrogens is 2. The van der Waals surface area contributed by atoms with Gasteiger partial charge in [-0.3, -0.25) is 9.89 Å². The van der Waals surface area contributed by atoms with E-state index in [0.29, 0.717) is 18.2 Å². The average Bonchev–Trinajstić information content (AvgIpc) is 2.74. The van der Waals surface area contributed by atoms with E-state index in [2.05, 4.69) is 17.1 Å². The predicted octanol–water partition coefficient (Wildman–Crippen LogP) is 1.50. The summed E-state index contributed by atoms with van der Waals surface area (Å²) in [4.78, 5) is 13.7. The molecule has 1 fully saturated rings. The number of H-pyrrole nitrogens is 1. The normalized spacial score (nSPS) is 26.7. The molecular formula is C10H14ClN3O. The van der Waals surface area contributed by atoms with Crippen molar-refractivity contribution < 1.29 is 4.79 Å². The number of alkyl halides is 1. The van der Waals surface area contributed by atoms with E-state index in [1.807, 2.05) is 0 Å². The van der Waals surface area contributed by atoms with Gasteiger partial charge in [-0.25, -0.2) is 0 Å². The molecule has 1 aliphatic heterocycles. The Balaban J connectivity index is 2.03. The van der Waals surface area contributed by atoms with Crippen LogP contribution < -0.4 is 0 Å². The highest BCUT2D eigenvalue weighted by Crippen LogP contribution is 2.22.